The number of hydrogen-bond acceptors (Lipinski definition) is 5. The third kappa shape index (κ3) is 11.1. The molecule has 0 unspecified atom stereocenters. The number of ether oxygens (including phenoxy) is 2. The zero-order valence-electron chi connectivity index (χ0n) is 14.0. The number of hydrogen-bond donors (Lipinski definition) is 2. The molecule has 0 aliphatic carbocycles. The Labute approximate surface area is 127 Å². The highest BCUT2D eigenvalue weighted by Crippen LogP contribution is 2.08. The SMILES string of the molecule is CCCCNCCC[C@H](NC(=O)OC(C)(C)C)C(=O)OC. The average Bonchev–Trinajstić information content (AvgIpc) is 2.38. The number of carbonyl (C=O) groups is 2. The van der Waals surface area contributed by atoms with Crippen molar-refractivity contribution in [3.05, 3.63) is 0 Å². The fourth-order valence-electron chi connectivity index (χ4n) is 1.70. The molecule has 124 valence electrons. The first-order chi connectivity index (χ1) is 9.80. The Morgan fingerprint density at radius 2 is 1.76 bits per heavy atom. The van der Waals surface area contributed by atoms with E-state index in [9.17, 15) is 9.59 Å². The van der Waals surface area contributed by atoms with Crippen LogP contribution in [-0.4, -0.2) is 43.9 Å². The minimum Gasteiger partial charge on any atom is -0.467 e. The lowest BCUT2D eigenvalue weighted by molar-refractivity contribution is -0.143. The molecule has 0 heterocycles. The predicted octanol–water partition coefficient (Wildman–Crippen LogP) is 2.22. The van der Waals surface area contributed by atoms with Crippen molar-refractivity contribution in [2.75, 3.05) is 20.2 Å². The van der Waals surface area contributed by atoms with Crippen molar-refractivity contribution in [1.29, 1.82) is 0 Å². The van der Waals surface area contributed by atoms with E-state index in [0.29, 0.717) is 6.42 Å². The molecule has 0 spiro atoms. The van der Waals surface area contributed by atoms with E-state index in [1.54, 1.807) is 20.8 Å². The van der Waals surface area contributed by atoms with Gasteiger partial charge in [-0.1, -0.05) is 13.3 Å². The Bertz CT molecular complexity index is 313. The monoisotopic (exact) mass is 302 g/mol. The number of amides is 1. The number of esters is 1. The zero-order chi connectivity index (χ0) is 16.3. The van der Waals surface area contributed by atoms with Crippen molar-refractivity contribution in [3.8, 4) is 0 Å². The van der Waals surface area contributed by atoms with Gasteiger partial charge in [-0.2, -0.15) is 0 Å². The molecule has 6 heteroatoms. The van der Waals surface area contributed by atoms with E-state index in [-0.39, 0.29) is 0 Å². The number of alkyl carbamates (subject to hydrolysis) is 1. The molecule has 2 N–H and O–H groups in total. The van der Waals surface area contributed by atoms with Crippen molar-refractivity contribution in [3.63, 3.8) is 0 Å². The fourth-order valence-corrected chi connectivity index (χ4v) is 1.70. The normalized spacial score (nSPS) is 12.6. The Morgan fingerprint density at radius 1 is 1.14 bits per heavy atom. The van der Waals surface area contributed by atoms with Crippen LogP contribution < -0.4 is 10.6 Å². The second-order valence-electron chi connectivity index (χ2n) is 5.97. The molecule has 1 atom stereocenters. The Balaban J connectivity index is 4.15. The first-order valence-corrected chi connectivity index (χ1v) is 7.58. The molecule has 6 nitrogen and oxygen atoms in total. The highest BCUT2D eigenvalue weighted by Gasteiger charge is 2.24. The van der Waals surface area contributed by atoms with Crippen molar-refractivity contribution >= 4 is 12.1 Å². The topological polar surface area (TPSA) is 76.7 Å². The minimum absolute atomic E-state index is 0.450. The summed E-state index contributed by atoms with van der Waals surface area (Å²) in [5.41, 5.74) is -0.591. The Morgan fingerprint density at radius 3 is 2.29 bits per heavy atom. The summed E-state index contributed by atoms with van der Waals surface area (Å²) in [5, 5.41) is 5.86. The molecule has 0 aromatic heterocycles. The van der Waals surface area contributed by atoms with Gasteiger partial charge in [0.2, 0.25) is 0 Å². The van der Waals surface area contributed by atoms with Gasteiger partial charge in [0, 0.05) is 0 Å². The van der Waals surface area contributed by atoms with Gasteiger partial charge in [0.05, 0.1) is 7.11 Å². The lowest BCUT2D eigenvalue weighted by Crippen LogP contribution is -2.44. The molecule has 0 bridgehead atoms. The van der Waals surface area contributed by atoms with E-state index < -0.39 is 23.7 Å². The first kappa shape index (κ1) is 19.7. The van der Waals surface area contributed by atoms with Gasteiger partial charge in [-0.25, -0.2) is 9.59 Å². The molecule has 0 aromatic rings. The summed E-state index contributed by atoms with van der Waals surface area (Å²) in [6.45, 7) is 9.24. The molecule has 21 heavy (non-hydrogen) atoms. The van der Waals surface area contributed by atoms with Crippen LogP contribution in [0.4, 0.5) is 4.79 Å². The van der Waals surface area contributed by atoms with Gasteiger partial charge in [0.1, 0.15) is 11.6 Å². The third-order valence-corrected chi connectivity index (χ3v) is 2.73. The summed E-state index contributed by atoms with van der Waals surface area (Å²) in [7, 11) is 1.31. The molecular formula is C15H30N2O4. The van der Waals surface area contributed by atoms with Gasteiger partial charge >= 0.3 is 12.1 Å². The van der Waals surface area contributed by atoms with Crippen LogP contribution in [0.5, 0.6) is 0 Å². The van der Waals surface area contributed by atoms with E-state index in [1.165, 1.54) is 7.11 Å². The summed E-state index contributed by atoms with van der Waals surface area (Å²) in [5.74, 6) is -0.450. The third-order valence-electron chi connectivity index (χ3n) is 2.73. The highest BCUT2D eigenvalue weighted by molar-refractivity contribution is 5.81. The van der Waals surface area contributed by atoms with Crippen LogP contribution in [-0.2, 0) is 14.3 Å². The van der Waals surface area contributed by atoms with Gasteiger partial charge < -0.3 is 20.1 Å². The zero-order valence-corrected chi connectivity index (χ0v) is 14.0. The molecule has 0 rings (SSSR count). The number of rotatable bonds is 9. The van der Waals surface area contributed by atoms with E-state index in [4.69, 9.17) is 9.47 Å². The van der Waals surface area contributed by atoms with E-state index in [2.05, 4.69) is 17.6 Å². The number of unbranched alkanes of at least 4 members (excludes halogenated alkanes) is 1. The van der Waals surface area contributed by atoms with Crippen molar-refractivity contribution in [2.45, 2.75) is 65.0 Å². The number of carbonyl (C=O) groups excluding carboxylic acids is 2. The molecule has 1 amide bonds. The van der Waals surface area contributed by atoms with Crippen LogP contribution in [0, 0.1) is 0 Å². The van der Waals surface area contributed by atoms with Crippen LogP contribution in [0.3, 0.4) is 0 Å². The maximum absolute atomic E-state index is 11.7. The maximum Gasteiger partial charge on any atom is 0.408 e. The van der Waals surface area contributed by atoms with Crippen molar-refractivity contribution < 1.29 is 19.1 Å². The second-order valence-corrected chi connectivity index (χ2v) is 5.97. The second kappa shape index (κ2) is 10.4. The number of nitrogens with one attached hydrogen (secondary N) is 2. The van der Waals surface area contributed by atoms with Gasteiger partial charge in [-0.15, -0.1) is 0 Å². The Hall–Kier alpha value is -1.30. The van der Waals surface area contributed by atoms with Gasteiger partial charge in [0.25, 0.3) is 0 Å². The summed E-state index contributed by atoms with van der Waals surface area (Å²) in [6.07, 6.45) is 2.98. The minimum atomic E-state index is -0.669. The van der Waals surface area contributed by atoms with Crippen LogP contribution in [0.2, 0.25) is 0 Å². The molecule has 0 saturated heterocycles. The average molecular weight is 302 g/mol. The van der Waals surface area contributed by atoms with Crippen LogP contribution >= 0.6 is 0 Å². The molecule has 0 aromatic carbocycles. The highest BCUT2D eigenvalue weighted by atomic mass is 16.6. The maximum atomic E-state index is 11.7. The molecule has 0 saturated carbocycles. The summed E-state index contributed by atoms with van der Waals surface area (Å²) >= 11 is 0. The lowest BCUT2D eigenvalue weighted by atomic mass is 10.1. The largest absolute Gasteiger partial charge is 0.467 e. The van der Waals surface area contributed by atoms with Gasteiger partial charge in [-0.3, -0.25) is 0 Å². The van der Waals surface area contributed by atoms with E-state index in [0.717, 1.165) is 32.4 Å². The summed E-state index contributed by atoms with van der Waals surface area (Å²) < 4.78 is 9.86. The molecule has 0 fully saturated rings. The quantitative estimate of drug-likeness (QED) is 0.504. The van der Waals surface area contributed by atoms with Crippen molar-refractivity contribution in [2.24, 2.45) is 0 Å². The van der Waals surface area contributed by atoms with Gasteiger partial charge in [-0.05, 0) is 53.1 Å². The van der Waals surface area contributed by atoms with Crippen LogP contribution in [0.15, 0.2) is 0 Å². The van der Waals surface area contributed by atoms with Crippen LogP contribution in [0.25, 0.3) is 0 Å². The standard InChI is InChI=1S/C15H30N2O4/c1-6-7-10-16-11-8-9-12(13(18)20-5)17-14(19)21-15(2,3)4/h12,16H,6-11H2,1-5H3,(H,17,19)/t12-/m0/s1. The Kier molecular flexibility index (Phi) is 9.78. The molecule has 0 aliphatic heterocycles. The van der Waals surface area contributed by atoms with Crippen molar-refractivity contribution in [1.82, 2.24) is 10.6 Å². The molecular weight excluding hydrogens is 272 g/mol. The molecule has 0 radical (unpaired) electrons. The van der Waals surface area contributed by atoms with Crippen LogP contribution in [0.1, 0.15) is 53.4 Å². The molecule has 0 aliphatic rings. The first-order valence-electron chi connectivity index (χ1n) is 7.58. The lowest BCUT2D eigenvalue weighted by Gasteiger charge is -2.22. The summed E-state index contributed by atoms with van der Waals surface area (Å²) in [6, 6.07) is -0.669. The smallest absolute Gasteiger partial charge is 0.408 e. The predicted molar refractivity (Wildman–Crippen MR) is 82.2 cm³/mol. The number of methoxy groups -OCH3 is 1. The van der Waals surface area contributed by atoms with E-state index in [1.807, 2.05) is 0 Å². The fraction of sp³-hybridized carbons (Fsp3) is 0.867. The van der Waals surface area contributed by atoms with Gasteiger partial charge in [0.15, 0.2) is 0 Å². The summed E-state index contributed by atoms with van der Waals surface area (Å²) in [4.78, 5) is 23.4. The van der Waals surface area contributed by atoms with E-state index >= 15 is 0 Å².